The Morgan fingerprint density at radius 3 is 2.68 bits per heavy atom. The van der Waals surface area contributed by atoms with Gasteiger partial charge in [-0.2, -0.15) is 5.10 Å². The molecule has 1 heterocycles. The van der Waals surface area contributed by atoms with E-state index >= 15 is 0 Å². The number of halogens is 1. The second-order valence-electron chi connectivity index (χ2n) is 5.62. The topological polar surface area (TPSA) is 80.0 Å². The van der Waals surface area contributed by atoms with E-state index in [2.05, 4.69) is 15.4 Å². The largest absolute Gasteiger partial charge is 0.387 e. The van der Waals surface area contributed by atoms with Crippen molar-refractivity contribution >= 4 is 5.91 Å². The number of carbonyl (C=O) groups excluding carboxylic acids is 1. The number of aliphatic hydroxyl groups is 1. The monoisotopic (exact) mass is 340 g/mol. The highest BCUT2D eigenvalue weighted by Crippen LogP contribution is 2.16. The molecule has 1 aromatic heterocycles. The van der Waals surface area contributed by atoms with Crippen LogP contribution < -0.4 is 5.32 Å². The van der Waals surface area contributed by atoms with Gasteiger partial charge in [0.2, 0.25) is 0 Å². The van der Waals surface area contributed by atoms with Crippen LogP contribution in [-0.2, 0) is 0 Å². The Bertz CT molecular complexity index is 863. The number of aromatic nitrogens is 3. The second-order valence-corrected chi connectivity index (χ2v) is 5.62. The maximum atomic E-state index is 12.9. The Balaban J connectivity index is 1.65. The van der Waals surface area contributed by atoms with Crippen molar-refractivity contribution < 1.29 is 14.3 Å². The van der Waals surface area contributed by atoms with Gasteiger partial charge in [-0.3, -0.25) is 4.79 Å². The molecule has 0 saturated heterocycles. The van der Waals surface area contributed by atoms with Crippen molar-refractivity contribution in [1.82, 2.24) is 20.1 Å². The van der Waals surface area contributed by atoms with Gasteiger partial charge < -0.3 is 10.4 Å². The molecule has 128 valence electrons. The summed E-state index contributed by atoms with van der Waals surface area (Å²) in [6.07, 6.45) is 2.12. The molecule has 0 aliphatic carbocycles. The molecule has 0 radical (unpaired) electrons. The summed E-state index contributed by atoms with van der Waals surface area (Å²) in [4.78, 5) is 16.2. The summed E-state index contributed by atoms with van der Waals surface area (Å²) < 4.78 is 14.5. The van der Waals surface area contributed by atoms with Gasteiger partial charge in [-0.05, 0) is 48.4 Å². The third-order valence-corrected chi connectivity index (χ3v) is 3.84. The van der Waals surface area contributed by atoms with Crippen LogP contribution >= 0.6 is 0 Å². The first kappa shape index (κ1) is 16.8. The third-order valence-electron chi connectivity index (χ3n) is 3.84. The Morgan fingerprint density at radius 2 is 2.04 bits per heavy atom. The second kappa shape index (κ2) is 7.23. The van der Waals surface area contributed by atoms with Crippen molar-refractivity contribution in [2.45, 2.75) is 13.0 Å². The molecule has 0 fully saturated rings. The van der Waals surface area contributed by atoms with Crippen molar-refractivity contribution in [3.8, 4) is 5.69 Å². The molecule has 3 aromatic rings. The fraction of sp³-hybridized carbons (Fsp3) is 0.167. The first-order chi connectivity index (χ1) is 12.0. The van der Waals surface area contributed by atoms with Crippen LogP contribution in [0.3, 0.4) is 0 Å². The lowest BCUT2D eigenvalue weighted by Crippen LogP contribution is -2.28. The lowest BCUT2D eigenvalue weighted by molar-refractivity contribution is 0.0916. The maximum absolute atomic E-state index is 12.9. The van der Waals surface area contributed by atoms with Crippen LogP contribution in [0, 0.1) is 12.7 Å². The number of nitrogens with one attached hydrogen (secondary N) is 1. The van der Waals surface area contributed by atoms with Gasteiger partial charge >= 0.3 is 0 Å². The third kappa shape index (κ3) is 3.89. The molecule has 0 aliphatic heterocycles. The van der Waals surface area contributed by atoms with E-state index in [-0.39, 0.29) is 18.3 Å². The molecular formula is C18H17FN4O2. The fourth-order valence-corrected chi connectivity index (χ4v) is 2.48. The highest BCUT2D eigenvalue weighted by Gasteiger charge is 2.12. The van der Waals surface area contributed by atoms with Crippen LogP contribution in [0.4, 0.5) is 4.39 Å². The fourth-order valence-electron chi connectivity index (χ4n) is 2.48. The Kier molecular flexibility index (Phi) is 4.85. The number of hydrogen-bond acceptors (Lipinski definition) is 4. The highest BCUT2D eigenvalue weighted by molar-refractivity contribution is 5.94. The maximum Gasteiger partial charge on any atom is 0.251 e. The van der Waals surface area contributed by atoms with E-state index < -0.39 is 6.10 Å². The van der Waals surface area contributed by atoms with Crippen LogP contribution in [0.1, 0.15) is 27.6 Å². The summed E-state index contributed by atoms with van der Waals surface area (Å²) >= 11 is 0. The number of amides is 1. The van der Waals surface area contributed by atoms with Gasteiger partial charge in [0.25, 0.3) is 5.91 Å². The zero-order chi connectivity index (χ0) is 17.8. The lowest BCUT2D eigenvalue weighted by Gasteiger charge is -2.13. The minimum Gasteiger partial charge on any atom is -0.387 e. The molecule has 6 nitrogen and oxygen atoms in total. The standard InChI is InChI=1S/C18H17FN4O2/c1-12-8-14(4-7-16(12)23-11-20-10-22-23)18(25)21-9-17(24)13-2-5-15(19)6-3-13/h2-8,10-11,17,24H,9H2,1H3,(H,21,25). The number of hydrogen-bond donors (Lipinski definition) is 2. The smallest absolute Gasteiger partial charge is 0.251 e. The van der Waals surface area contributed by atoms with Crippen LogP contribution in [-0.4, -0.2) is 32.3 Å². The molecule has 0 spiro atoms. The van der Waals surface area contributed by atoms with Crippen LogP contribution in [0.25, 0.3) is 5.69 Å². The average molecular weight is 340 g/mol. The number of aryl methyl sites for hydroxylation is 1. The van der Waals surface area contributed by atoms with Crippen molar-refractivity contribution in [3.63, 3.8) is 0 Å². The van der Waals surface area contributed by atoms with Gasteiger partial charge in [-0.15, -0.1) is 0 Å². The normalized spacial score (nSPS) is 12.0. The van der Waals surface area contributed by atoms with Crippen LogP contribution in [0.15, 0.2) is 55.1 Å². The molecular weight excluding hydrogens is 323 g/mol. The predicted octanol–water partition coefficient (Wildman–Crippen LogP) is 2.18. The van der Waals surface area contributed by atoms with E-state index in [0.717, 1.165) is 11.3 Å². The van der Waals surface area contributed by atoms with E-state index in [9.17, 15) is 14.3 Å². The molecule has 25 heavy (non-hydrogen) atoms. The molecule has 0 bridgehead atoms. The van der Waals surface area contributed by atoms with Crippen LogP contribution in [0.2, 0.25) is 0 Å². The predicted molar refractivity (Wildman–Crippen MR) is 89.8 cm³/mol. The first-order valence-electron chi connectivity index (χ1n) is 7.72. The van der Waals surface area contributed by atoms with E-state index in [1.54, 1.807) is 29.2 Å². The molecule has 1 unspecified atom stereocenters. The van der Waals surface area contributed by atoms with Gasteiger partial charge in [-0.1, -0.05) is 12.1 Å². The van der Waals surface area contributed by atoms with Crippen molar-refractivity contribution in [2.75, 3.05) is 6.54 Å². The van der Waals surface area contributed by atoms with Gasteiger partial charge in [0, 0.05) is 12.1 Å². The van der Waals surface area contributed by atoms with Gasteiger partial charge in [-0.25, -0.2) is 14.1 Å². The molecule has 0 aliphatic rings. The molecule has 1 atom stereocenters. The molecule has 1 amide bonds. The zero-order valence-corrected chi connectivity index (χ0v) is 13.6. The summed E-state index contributed by atoms with van der Waals surface area (Å²) in [5, 5.41) is 16.8. The molecule has 7 heteroatoms. The van der Waals surface area contributed by atoms with Crippen molar-refractivity contribution in [2.24, 2.45) is 0 Å². The Hall–Kier alpha value is -3.06. The van der Waals surface area contributed by atoms with E-state index in [0.29, 0.717) is 11.1 Å². The Labute approximate surface area is 144 Å². The zero-order valence-electron chi connectivity index (χ0n) is 13.6. The molecule has 2 N–H and O–H groups in total. The summed E-state index contributed by atoms with van der Waals surface area (Å²) in [5.41, 5.74) is 2.73. The quantitative estimate of drug-likeness (QED) is 0.746. The van der Waals surface area contributed by atoms with Crippen LogP contribution in [0.5, 0.6) is 0 Å². The van der Waals surface area contributed by atoms with Crippen molar-refractivity contribution in [1.29, 1.82) is 0 Å². The summed E-state index contributed by atoms with van der Waals surface area (Å²) in [5.74, 6) is -0.669. The van der Waals surface area contributed by atoms with Gasteiger partial charge in [0.1, 0.15) is 18.5 Å². The van der Waals surface area contributed by atoms with Crippen molar-refractivity contribution in [3.05, 3.63) is 77.6 Å². The van der Waals surface area contributed by atoms with E-state index in [1.165, 1.54) is 30.6 Å². The average Bonchev–Trinajstić information content (AvgIpc) is 3.14. The lowest BCUT2D eigenvalue weighted by atomic mass is 10.1. The SMILES string of the molecule is Cc1cc(C(=O)NCC(O)c2ccc(F)cc2)ccc1-n1cncn1. The molecule has 0 saturated carbocycles. The number of benzene rings is 2. The number of aliphatic hydroxyl groups excluding tert-OH is 1. The minimum absolute atomic E-state index is 0.0361. The van der Waals surface area contributed by atoms with Gasteiger partial charge in [0.05, 0.1) is 11.8 Å². The Morgan fingerprint density at radius 1 is 1.28 bits per heavy atom. The van der Waals surface area contributed by atoms with E-state index in [4.69, 9.17) is 0 Å². The molecule has 3 rings (SSSR count). The first-order valence-corrected chi connectivity index (χ1v) is 7.72. The highest BCUT2D eigenvalue weighted by atomic mass is 19.1. The van der Waals surface area contributed by atoms with Gasteiger partial charge in [0.15, 0.2) is 0 Å². The minimum atomic E-state index is -0.903. The number of carbonyl (C=O) groups is 1. The summed E-state index contributed by atoms with van der Waals surface area (Å²) in [6, 6.07) is 10.7. The number of rotatable bonds is 5. The van der Waals surface area contributed by atoms with E-state index in [1.807, 2.05) is 6.92 Å². The number of nitrogens with zero attached hydrogens (tertiary/aromatic N) is 3. The molecule has 2 aromatic carbocycles. The summed E-state index contributed by atoms with van der Waals surface area (Å²) in [6.45, 7) is 1.91. The summed E-state index contributed by atoms with van der Waals surface area (Å²) in [7, 11) is 0.